The zero-order valence-corrected chi connectivity index (χ0v) is 11.1. The standard InChI is InChI=1S/C13H17ClN2O2/c1-18-13(17)12(11-5-3-2-4-6-11)15-7-9-16(14)10-8-15/h2-6,12H,7-10H2,1H3. The maximum atomic E-state index is 12.0. The lowest BCUT2D eigenvalue weighted by atomic mass is 10.0. The number of halogens is 1. The van der Waals surface area contributed by atoms with Crippen molar-refractivity contribution in [3.05, 3.63) is 35.9 Å². The summed E-state index contributed by atoms with van der Waals surface area (Å²) in [7, 11) is 1.43. The van der Waals surface area contributed by atoms with Gasteiger partial charge >= 0.3 is 5.97 Å². The maximum Gasteiger partial charge on any atom is 0.327 e. The summed E-state index contributed by atoms with van der Waals surface area (Å²) in [5.41, 5.74) is 0.965. The molecule has 0 saturated carbocycles. The Morgan fingerprint density at radius 1 is 1.22 bits per heavy atom. The average molecular weight is 269 g/mol. The van der Waals surface area contributed by atoms with Crippen LogP contribution < -0.4 is 0 Å². The van der Waals surface area contributed by atoms with Gasteiger partial charge in [0, 0.05) is 26.2 Å². The molecule has 5 heteroatoms. The minimum Gasteiger partial charge on any atom is -0.468 e. The van der Waals surface area contributed by atoms with Gasteiger partial charge in [-0.2, -0.15) is 0 Å². The highest BCUT2D eigenvalue weighted by molar-refractivity contribution is 6.13. The molecule has 1 unspecified atom stereocenters. The van der Waals surface area contributed by atoms with Crippen molar-refractivity contribution in [3.8, 4) is 0 Å². The van der Waals surface area contributed by atoms with Crippen molar-refractivity contribution in [1.82, 2.24) is 9.32 Å². The van der Waals surface area contributed by atoms with Gasteiger partial charge in [0.15, 0.2) is 0 Å². The predicted octanol–water partition coefficient (Wildman–Crippen LogP) is 1.67. The number of methoxy groups -OCH3 is 1. The Morgan fingerprint density at radius 2 is 1.83 bits per heavy atom. The summed E-state index contributed by atoms with van der Waals surface area (Å²) in [6.45, 7) is 3.03. The van der Waals surface area contributed by atoms with Crippen LogP contribution in [0, 0.1) is 0 Å². The fraction of sp³-hybridized carbons (Fsp3) is 0.462. The fourth-order valence-electron chi connectivity index (χ4n) is 2.20. The Morgan fingerprint density at radius 3 is 2.39 bits per heavy atom. The lowest BCUT2D eigenvalue weighted by Gasteiger charge is -2.35. The molecule has 0 amide bonds. The van der Waals surface area contributed by atoms with Crippen molar-refractivity contribution >= 4 is 17.7 Å². The molecule has 0 bridgehead atoms. The molecule has 1 aromatic rings. The first-order valence-electron chi connectivity index (χ1n) is 6.00. The Labute approximate surface area is 112 Å². The van der Waals surface area contributed by atoms with E-state index in [0.717, 1.165) is 31.7 Å². The average Bonchev–Trinajstić information content (AvgIpc) is 2.42. The number of nitrogens with zero attached hydrogens (tertiary/aromatic N) is 2. The van der Waals surface area contributed by atoms with E-state index in [1.165, 1.54) is 7.11 Å². The number of esters is 1. The molecule has 1 atom stereocenters. The first-order chi connectivity index (χ1) is 8.72. The number of hydrogen-bond acceptors (Lipinski definition) is 4. The number of benzene rings is 1. The summed E-state index contributed by atoms with van der Waals surface area (Å²) in [6.07, 6.45) is 0. The van der Waals surface area contributed by atoms with Crippen molar-refractivity contribution in [1.29, 1.82) is 0 Å². The van der Waals surface area contributed by atoms with Crippen LogP contribution in [0.2, 0.25) is 0 Å². The number of ether oxygens (including phenoxy) is 1. The van der Waals surface area contributed by atoms with Gasteiger partial charge in [-0.3, -0.25) is 4.90 Å². The second kappa shape index (κ2) is 6.18. The summed E-state index contributed by atoms with van der Waals surface area (Å²) in [6, 6.07) is 9.38. The van der Waals surface area contributed by atoms with Gasteiger partial charge in [-0.05, 0) is 17.3 Å². The molecular formula is C13H17ClN2O2. The molecule has 0 aromatic heterocycles. The SMILES string of the molecule is COC(=O)C(c1ccccc1)N1CCN(Cl)CC1. The molecule has 1 heterocycles. The Balaban J connectivity index is 2.18. The van der Waals surface area contributed by atoms with Gasteiger partial charge in [-0.1, -0.05) is 30.3 Å². The molecule has 1 aliphatic rings. The van der Waals surface area contributed by atoms with Gasteiger partial charge in [0.2, 0.25) is 0 Å². The minimum atomic E-state index is -0.332. The van der Waals surface area contributed by atoms with E-state index in [9.17, 15) is 4.79 Å². The zero-order chi connectivity index (χ0) is 13.0. The highest BCUT2D eigenvalue weighted by Gasteiger charge is 2.30. The number of carbonyl (C=O) groups is 1. The van der Waals surface area contributed by atoms with E-state index in [0.29, 0.717) is 0 Å². The van der Waals surface area contributed by atoms with Gasteiger partial charge in [0.1, 0.15) is 6.04 Å². The van der Waals surface area contributed by atoms with Crippen LogP contribution in [0.25, 0.3) is 0 Å². The van der Waals surface area contributed by atoms with Gasteiger partial charge in [-0.15, -0.1) is 0 Å². The Bertz CT molecular complexity index is 391. The molecule has 1 aliphatic heterocycles. The van der Waals surface area contributed by atoms with E-state index >= 15 is 0 Å². The van der Waals surface area contributed by atoms with Crippen molar-refractivity contribution in [2.45, 2.75) is 6.04 Å². The monoisotopic (exact) mass is 268 g/mol. The molecule has 0 aliphatic carbocycles. The third-order valence-corrected chi connectivity index (χ3v) is 3.50. The molecule has 0 N–H and O–H groups in total. The quantitative estimate of drug-likeness (QED) is 0.617. The summed E-state index contributed by atoms with van der Waals surface area (Å²) in [5.74, 6) is -0.218. The number of carbonyl (C=O) groups excluding carboxylic acids is 1. The van der Waals surface area contributed by atoms with Crippen LogP contribution in [0.5, 0.6) is 0 Å². The topological polar surface area (TPSA) is 32.8 Å². The maximum absolute atomic E-state index is 12.0. The largest absolute Gasteiger partial charge is 0.468 e. The predicted molar refractivity (Wildman–Crippen MR) is 70.2 cm³/mol. The molecule has 0 radical (unpaired) electrons. The van der Waals surface area contributed by atoms with Gasteiger partial charge in [-0.25, -0.2) is 9.21 Å². The van der Waals surface area contributed by atoms with Crippen molar-refractivity contribution < 1.29 is 9.53 Å². The van der Waals surface area contributed by atoms with E-state index in [1.54, 1.807) is 4.42 Å². The molecular weight excluding hydrogens is 252 g/mol. The molecule has 1 saturated heterocycles. The molecule has 2 rings (SSSR count). The fourth-order valence-corrected chi connectivity index (χ4v) is 2.35. The van der Waals surface area contributed by atoms with Crippen LogP contribution in [0.3, 0.4) is 0 Å². The van der Waals surface area contributed by atoms with E-state index in [-0.39, 0.29) is 12.0 Å². The highest BCUT2D eigenvalue weighted by Crippen LogP contribution is 2.23. The molecule has 4 nitrogen and oxygen atoms in total. The second-order valence-corrected chi connectivity index (χ2v) is 4.76. The lowest BCUT2D eigenvalue weighted by molar-refractivity contribution is -0.147. The Hall–Kier alpha value is -1.10. The van der Waals surface area contributed by atoms with Gasteiger partial charge < -0.3 is 4.74 Å². The van der Waals surface area contributed by atoms with Gasteiger partial charge in [0.05, 0.1) is 7.11 Å². The molecule has 1 fully saturated rings. The van der Waals surface area contributed by atoms with Crippen LogP contribution >= 0.6 is 11.8 Å². The molecule has 98 valence electrons. The first kappa shape index (κ1) is 13.3. The number of piperazine rings is 1. The third-order valence-electron chi connectivity index (χ3n) is 3.16. The van der Waals surface area contributed by atoms with Crippen LogP contribution in [0.1, 0.15) is 11.6 Å². The number of rotatable bonds is 3. The second-order valence-electron chi connectivity index (χ2n) is 4.28. The molecule has 1 aromatic carbocycles. The van der Waals surface area contributed by atoms with Crippen LogP contribution in [0.15, 0.2) is 30.3 Å². The summed E-state index contributed by atoms with van der Waals surface area (Å²) in [4.78, 5) is 14.1. The normalized spacial score (nSPS) is 19.4. The summed E-state index contributed by atoms with van der Waals surface area (Å²) in [5, 5.41) is 0. The van der Waals surface area contributed by atoms with E-state index in [4.69, 9.17) is 16.5 Å². The van der Waals surface area contributed by atoms with Gasteiger partial charge in [0.25, 0.3) is 0 Å². The van der Waals surface area contributed by atoms with E-state index < -0.39 is 0 Å². The number of hydrogen-bond donors (Lipinski definition) is 0. The zero-order valence-electron chi connectivity index (χ0n) is 10.4. The minimum absolute atomic E-state index is 0.218. The van der Waals surface area contributed by atoms with Crippen LogP contribution in [-0.4, -0.2) is 48.6 Å². The lowest BCUT2D eigenvalue weighted by Crippen LogP contribution is -2.46. The van der Waals surface area contributed by atoms with E-state index in [2.05, 4.69) is 4.90 Å². The van der Waals surface area contributed by atoms with Crippen molar-refractivity contribution in [3.63, 3.8) is 0 Å². The van der Waals surface area contributed by atoms with Crippen LogP contribution in [-0.2, 0) is 9.53 Å². The smallest absolute Gasteiger partial charge is 0.327 e. The van der Waals surface area contributed by atoms with E-state index in [1.807, 2.05) is 30.3 Å². The molecule has 18 heavy (non-hydrogen) atoms. The summed E-state index contributed by atoms with van der Waals surface area (Å²) >= 11 is 5.94. The van der Waals surface area contributed by atoms with Crippen molar-refractivity contribution in [2.75, 3.05) is 33.3 Å². The Kier molecular flexibility index (Phi) is 4.58. The highest BCUT2D eigenvalue weighted by atomic mass is 35.5. The first-order valence-corrected chi connectivity index (χ1v) is 6.33. The molecule has 0 spiro atoms. The van der Waals surface area contributed by atoms with Crippen LogP contribution in [0.4, 0.5) is 0 Å². The van der Waals surface area contributed by atoms with Crippen molar-refractivity contribution in [2.24, 2.45) is 0 Å². The third kappa shape index (κ3) is 3.02. The summed E-state index contributed by atoms with van der Waals surface area (Å²) < 4.78 is 6.67.